The Morgan fingerprint density at radius 1 is 1.43 bits per heavy atom. The van der Waals surface area contributed by atoms with E-state index >= 15 is 0 Å². The Kier molecular flexibility index (Phi) is 4.33. The van der Waals surface area contributed by atoms with Gasteiger partial charge in [-0.15, -0.1) is 0 Å². The third-order valence-corrected chi connectivity index (χ3v) is 2.43. The summed E-state index contributed by atoms with van der Waals surface area (Å²) in [5.41, 5.74) is 5.12. The lowest BCUT2D eigenvalue weighted by atomic mass is 9.98. The first-order valence-corrected chi connectivity index (χ1v) is 5.08. The molecule has 0 aromatic carbocycles. The first-order chi connectivity index (χ1) is 6.73. The Hall–Kier alpha value is -0.630. The maximum Gasteiger partial charge on any atom is 0.130 e. The second-order valence-electron chi connectivity index (χ2n) is 3.68. The molecule has 0 aromatic heterocycles. The van der Waals surface area contributed by atoms with Crippen LogP contribution in [0.25, 0.3) is 0 Å². The summed E-state index contributed by atoms with van der Waals surface area (Å²) in [6, 6.07) is 2.14. The largest absolute Gasteiger partial charge is 0.379 e. The summed E-state index contributed by atoms with van der Waals surface area (Å²) >= 11 is 0. The normalized spacial score (nSPS) is 20.1. The lowest BCUT2D eigenvalue weighted by Gasteiger charge is -2.20. The van der Waals surface area contributed by atoms with Crippen molar-refractivity contribution in [2.24, 2.45) is 11.7 Å². The molecule has 4 heteroatoms. The van der Waals surface area contributed by atoms with E-state index in [-0.39, 0.29) is 0 Å². The zero-order valence-electron chi connectivity index (χ0n) is 8.66. The summed E-state index contributed by atoms with van der Waals surface area (Å²) in [5, 5.41) is 8.91. The minimum atomic E-state index is -0.772. The molecule has 0 aliphatic heterocycles. The molecule has 1 aliphatic carbocycles. The van der Waals surface area contributed by atoms with Gasteiger partial charge in [0.05, 0.1) is 25.9 Å². The van der Waals surface area contributed by atoms with Gasteiger partial charge < -0.3 is 15.2 Å². The van der Waals surface area contributed by atoms with Crippen LogP contribution in [0.5, 0.6) is 0 Å². The summed E-state index contributed by atoms with van der Waals surface area (Å²) in [6.45, 7) is 4.04. The van der Waals surface area contributed by atoms with Gasteiger partial charge in [0, 0.05) is 6.61 Å². The van der Waals surface area contributed by atoms with Crippen LogP contribution < -0.4 is 5.73 Å². The number of nitrogens with two attached hydrogens (primary N) is 1. The van der Waals surface area contributed by atoms with Gasteiger partial charge in [0.15, 0.2) is 0 Å². The Bertz CT molecular complexity index is 211. The SMILES string of the molecule is CCOCCOCC(N)(C#N)C1CC1. The first-order valence-electron chi connectivity index (χ1n) is 5.08. The molecule has 0 spiro atoms. The molecule has 2 N–H and O–H groups in total. The quantitative estimate of drug-likeness (QED) is 0.610. The van der Waals surface area contributed by atoms with Gasteiger partial charge in [-0.3, -0.25) is 0 Å². The van der Waals surface area contributed by atoms with Gasteiger partial charge >= 0.3 is 0 Å². The smallest absolute Gasteiger partial charge is 0.130 e. The Balaban J connectivity index is 2.12. The molecule has 0 radical (unpaired) electrons. The second kappa shape index (κ2) is 5.30. The second-order valence-corrected chi connectivity index (χ2v) is 3.68. The van der Waals surface area contributed by atoms with Crippen LogP contribution in [0.3, 0.4) is 0 Å². The van der Waals surface area contributed by atoms with Crippen LogP contribution in [-0.4, -0.2) is 32.0 Å². The standard InChI is InChI=1S/C10H18N2O2/c1-2-13-5-6-14-8-10(12,7-11)9-3-4-9/h9H,2-6,8,12H2,1H3. The number of ether oxygens (including phenoxy) is 2. The molecule has 0 saturated heterocycles. The van der Waals surface area contributed by atoms with Gasteiger partial charge in [-0.1, -0.05) is 0 Å². The first kappa shape index (κ1) is 11.4. The van der Waals surface area contributed by atoms with Crippen molar-refractivity contribution in [1.82, 2.24) is 0 Å². The molecule has 4 nitrogen and oxygen atoms in total. The monoisotopic (exact) mass is 198 g/mol. The van der Waals surface area contributed by atoms with Gasteiger partial charge in [0.1, 0.15) is 5.54 Å². The topological polar surface area (TPSA) is 68.3 Å². The van der Waals surface area contributed by atoms with Crippen LogP contribution in [0.15, 0.2) is 0 Å². The van der Waals surface area contributed by atoms with E-state index in [9.17, 15) is 0 Å². The molecule has 0 bridgehead atoms. The van der Waals surface area contributed by atoms with Crippen LogP contribution in [-0.2, 0) is 9.47 Å². The van der Waals surface area contributed by atoms with Gasteiger partial charge in [0.2, 0.25) is 0 Å². The molecule has 0 aromatic rings. The van der Waals surface area contributed by atoms with Crippen LogP contribution >= 0.6 is 0 Å². The number of nitriles is 1. The summed E-state index contributed by atoms with van der Waals surface area (Å²) in [5.74, 6) is 0.333. The third kappa shape index (κ3) is 3.26. The van der Waals surface area contributed by atoms with Crippen molar-refractivity contribution in [3.63, 3.8) is 0 Å². The molecular formula is C10H18N2O2. The van der Waals surface area contributed by atoms with E-state index in [2.05, 4.69) is 6.07 Å². The number of hydrogen-bond donors (Lipinski definition) is 1. The number of rotatable bonds is 7. The summed E-state index contributed by atoms with van der Waals surface area (Å²) in [7, 11) is 0. The Labute approximate surface area is 85.0 Å². The van der Waals surface area contributed by atoms with Gasteiger partial charge in [0.25, 0.3) is 0 Å². The van der Waals surface area contributed by atoms with Crippen molar-refractivity contribution in [2.75, 3.05) is 26.4 Å². The molecule has 1 unspecified atom stereocenters. The fourth-order valence-corrected chi connectivity index (χ4v) is 1.34. The zero-order chi connectivity index (χ0) is 10.4. The average molecular weight is 198 g/mol. The van der Waals surface area contributed by atoms with Gasteiger partial charge in [-0.25, -0.2) is 0 Å². The lowest BCUT2D eigenvalue weighted by molar-refractivity contribution is 0.0360. The fourth-order valence-electron chi connectivity index (χ4n) is 1.34. The van der Waals surface area contributed by atoms with Crippen molar-refractivity contribution in [2.45, 2.75) is 25.3 Å². The molecule has 1 rings (SSSR count). The summed E-state index contributed by atoms with van der Waals surface area (Å²) < 4.78 is 10.4. The minimum absolute atomic E-state index is 0.321. The highest BCUT2D eigenvalue weighted by Crippen LogP contribution is 2.37. The van der Waals surface area contributed by atoms with E-state index in [0.717, 1.165) is 12.8 Å². The molecule has 14 heavy (non-hydrogen) atoms. The molecule has 1 fully saturated rings. The number of nitrogens with zero attached hydrogens (tertiary/aromatic N) is 1. The molecule has 0 heterocycles. The van der Waals surface area contributed by atoms with Crippen LogP contribution in [0, 0.1) is 17.2 Å². The third-order valence-electron chi connectivity index (χ3n) is 2.43. The maximum atomic E-state index is 8.91. The summed E-state index contributed by atoms with van der Waals surface area (Å²) in [4.78, 5) is 0. The molecule has 80 valence electrons. The fraction of sp³-hybridized carbons (Fsp3) is 0.900. The van der Waals surface area contributed by atoms with Gasteiger partial charge in [-0.2, -0.15) is 5.26 Å². The summed E-state index contributed by atoms with van der Waals surface area (Å²) in [6.07, 6.45) is 2.11. The average Bonchev–Trinajstić information content (AvgIpc) is 3.01. The van der Waals surface area contributed by atoms with Crippen molar-refractivity contribution in [1.29, 1.82) is 5.26 Å². The number of hydrogen-bond acceptors (Lipinski definition) is 4. The molecule has 1 aliphatic rings. The zero-order valence-corrected chi connectivity index (χ0v) is 8.66. The van der Waals surface area contributed by atoms with Crippen LogP contribution in [0.4, 0.5) is 0 Å². The van der Waals surface area contributed by atoms with Crippen molar-refractivity contribution in [3.05, 3.63) is 0 Å². The van der Waals surface area contributed by atoms with Gasteiger partial charge in [-0.05, 0) is 25.7 Å². The van der Waals surface area contributed by atoms with Crippen molar-refractivity contribution < 1.29 is 9.47 Å². The molecule has 1 saturated carbocycles. The van der Waals surface area contributed by atoms with E-state index in [1.165, 1.54) is 0 Å². The predicted molar refractivity (Wildman–Crippen MR) is 52.6 cm³/mol. The Morgan fingerprint density at radius 3 is 2.57 bits per heavy atom. The van der Waals surface area contributed by atoms with E-state index in [1.807, 2.05) is 6.92 Å². The highest BCUT2D eigenvalue weighted by molar-refractivity contribution is 5.13. The van der Waals surface area contributed by atoms with E-state index in [4.69, 9.17) is 20.5 Å². The Morgan fingerprint density at radius 2 is 2.07 bits per heavy atom. The molecule has 0 amide bonds. The lowest BCUT2D eigenvalue weighted by Crippen LogP contribution is -2.45. The van der Waals surface area contributed by atoms with E-state index < -0.39 is 5.54 Å². The highest BCUT2D eigenvalue weighted by Gasteiger charge is 2.42. The van der Waals surface area contributed by atoms with E-state index in [0.29, 0.717) is 32.3 Å². The molecular weight excluding hydrogens is 180 g/mol. The van der Waals surface area contributed by atoms with Crippen LogP contribution in [0.1, 0.15) is 19.8 Å². The predicted octanol–water partition coefficient (Wildman–Crippen LogP) is 0.671. The molecule has 1 atom stereocenters. The van der Waals surface area contributed by atoms with E-state index in [1.54, 1.807) is 0 Å². The highest BCUT2D eigenvalue weighted by atomic mass is 16.5. The van der Waals surface area contributed by atoms with Crippen molar-refractivity contribution in [3.8, 4) is 6.07 Å². The minimum Gasteiger partial charge on any atom is -0.379 e. The maximum absolute atomic E-state index is 8.91. The van der Waals surface area contributed by atoms with Crippen molar-refractivity contribution >= 4 is 0 Å². The van der Waals surface area contributed by atoms with Crippen LogP contribution in [0.2, 0.25) is 0 Å².